The summed E-state index contributed by atoms with van der Waals surface area (Å²) in [5.74, 6) is 1.44. The van der Waals surface area contributed by atoms with E-state index in [0.717, 1.165) is 64.9 Å². The van der Waals surface area contributed by atoms with Gasteiger partial charge in [-0.25, -0.2) is 15.0 Å². The summed E-state index contributed by atoms with van der Waals surface area (Å²) in [6, 6.07) is 13.6. The number of halogens is 1. The van der Waals surface area contributed by atoms with Crippen molar-refractivity contribution in [1.29, 1.82) is 0 Å². The molecule has 2 aromatic carbocycles. The minimum atomic E-state index is 0.357. The van der Waals surface area contributed by atoms with E-state index in [1.54, 1.807) is 0 Å². The van der Waals surface area contributed by atoms with Crippen molar-refractivity contribution in [3.8, 4) is 11.5 Å². The molecule has 2 saturated heterocycles. The van der Waals surface area contributed by atoms with Gasteiger partial charge in [0, 0.05) is 18.0 Å². The minimum Gasteiger partial charge on any atom is -0.436 e. The number of hydrogen-bond donors (Lipinski definition) is 0. The number of anilines is 1. The van der Waals surface area contributed by atoms with E-state index in [0.29, 0.717) is 22.4 Å². The van der Waals surface area contributed by atoms with Crippen molar-refractivity contribution in [2.75, 3.05) is 24.6 Å². The molecule has 1 atom stereocenters. The van der Waals surface area contributed by atoms with Crippen LogP contribution >= 0.6 is 23.4 Å². The summed E-state index contributed by atoms with van der Waals surface area (Å²) in [4.78, 5) is 17.2. The lowest BCUT2D eigenvalue weighted by atomic mass is 9.77. The van der Waals surface area contributed by atoms with Crippen LogP contribution in [0.25, 0.3) is 22.6 Å². The van der Waals surface area contributed by atoms with Crippen LogP contribution in [-0.2, 0) is 4.74 Å². The molecule has 2 aliphatic heterocycles. The Kier molecular flexibility index (Phi) is 5.71. The topological polar surface area (TPSA) is 64.3 Å². The first-order valence-electron chi connectivity index (χ1n) is 11.6. The number of benzene rings is 2. The van der Waals surface area contributed by atoms with Crippen molar-refractivity contribution < 1.29 is 9.15 Å². The molecule has 174 valence electrons. The lowest BCUT2D eigenvalue weighted by Crippen LogP contribution is -2.41. The predicted octanol–water partition coefficient (Wildman–Crippen LogP) is 6.48. The fourth-order valence-corrected chi connectivity index (χ4v) is 6.09. The number of hydrogen-bond acceptors (Lipinski definition) is 7. The van der Waals surface area contributed by atoms with E-state index in [1.165, 1.54) is 18.2 Å². The number of oxazole rings is 1. The van der Waals surface area contributed by atoms with Crippen molar-refractivity contribution in [3.05, 3.63) is 59.9 Å². The lowest BCUT2D eigenvalue weighted by molar-refractivity contribution is 0.0976. The van der Waals surface area contributed by atoms with Crippen LogP contribution < -0.4 is 4.90 Å². The van der Waals surface area contributed by atoms with E-state index in [1.807, 2.05) is 54.9 Å². The van der Waals surface area contributed by atoms with Gasteiger partial charge in [-0.3, -0.25) is 0 Å². The first kappa shape index (κ1) is 21.9. The first-order valence-corrected chi connectivity index (χ1v) is 12.8. The van der Waals surface area contributed by atoms with Gasteiger partial charge in [-0.2, -0.15) is 0 Å². The van der Waals surface area contributed by atoms with Gasteiger partial charge in [0.1, 0.15) is 16.4 Å². The molecular formula is C26H25ClN4O2S. The Labute approximate surface area is 207 Å². The predicted molar refractivity (Wildman–Crippen MR) is 135 cm³/mol. The maximum atomic E-state index is 6.76. The van der Waals surface area contributed by atoms with Crippen molar-refractivity contribution in [2.45, 2.75) is 42.2 Å². The lowest BCUT2D eigenvalue weighted by Gasteiger charge is -2.38. The van der Waals surface area contributed by atoms with Gasteiger partial charge in [-0.05, 0) is 55.9 Å². The molecule has 8 heteroatoms. The van der Waals surface area contributed by atoms with Crippen molar-refractivity contribution >= 4 is 40.3 Å². The second kappa shape index (κ2) is 8.87. The third kappa shape index (κ3) is 4.17. The van der Waals surface area contributed by atoms with Crippen molar-refractivity contribution in [1.82, 2.24) is 15.0 Å². The molecule has 2 aromatic heterocycles. The highest BCUT2D eigenvalue weighted by atomic mass is 35.5. The van der Waals surface area contributed by atoms with Crippen LogP contribution in [0.15, 0.2) is 69.2 Å². The third-order valence-electron chi connectivity index (χ3n) is 6.86. The molecule has 6 nitrogen and oxygen atoms in total. The van der Waals surface area contributed by atoms with Crippen LogP contribution in [0.3, 0.4) is 0 Å². The summed E-state index contributed by atoms with van der Waals surface area (Å²) in [5, 5.41) is 1.39. The molecule has 0 amide bonds. The summed E-state index contributed by atoms with van der Waals surface area (Å²) < 4.78 is 11.8. The van der Waals surface area contributed by atoms with Crippen LogP contribution in [-0.4, -0.2) is 40.8 Å². The molecule has 4 heterocycles. The zero-order chi connectivity index (χ0) is 23.1. The fraction of sp³-hybridized carbons (Fsp3) is 0.346. The third-order valence-corrected chi connectivity index (χ3v) is 8.36. The van der Waals surface area contributed by atoms with Gasteiger partial charge in [-0.15, -0.1) is 0 Å². The summed E-state index contributed by atoms with van der Waals surface area (Å²) >= 11 is 8.25. The van der Waals surface area contributed by atoms with Gasteiger partial charge in [-0.1, -0.05) is 41.6 Å². The number of rotatable bonds is 4. The van der Waals surface area contributed by atoms with Gasteiger partial charge < -0.3 is 14.1 Å². The normalized spacial score (nSPS) is 19.8. The highest BCUT2D eigenvalue weighted by Gasteiger charge is 2.41. The highest BCUT2D eigenvalue weighted by Crippen LogP contribution is 2.43. The average Bonchev–Trinajstić information content (AvgIpc) is 3.45. The quantitative estimate of drug-likeness (QED) is 0.323. The van der Waals surface area contributed by atoms with E-state index in [2.05, 4.69) is 21.8 Å². The van der Waals surface area contributed by atoms with Crippen LogP contribution in [0, 0.1) is 5.41 Å². The second-order valence-corrected chi connectivity index (χ2v) is 10.7. The van der Waals surface area contributed by atoms with E-state index in [-0.39, 0.29) is 0 Å². The molecular weight excluding hydrogens is 468 g/mol. The van der Waals surface area contributed by atoms with Gasteiger partial charge >= 0.3 is 0 Å². The number of piperidine rings is 1. The molecule has 0 aliphatic carbocycles. The molecule has 4 aromatic rings. The Hall–Kier alpha value is -2.61. The molecule has 0 radical (unpaired) electrons. The summed E-state index contributed by atoms with van der Waals surface area (Å²) in [5.41, 5.74) is 2.67. The standard InChI is InChI=1S/C26H25ClN4O2S/c1-17-13-26(16-32-17)9-11-31(12-10-26)22-14-29-23(15-28-22)34-21-8-4-5-18(24(21)27)25-30-19-6-2-3-7-20(19)33-25/h2-8,14-15,17H,9-13,16H2,1H3/t17-/m0/s1. The van der Waals surface area contributed by atoms with E-state index in [4.69, 9.17) is 25.7 Å². The Morgan fingerprint density at radius 3 is 2.65 bits per heavy atom. The Morgan fingerprint density at radius 1 is 1.06 bits per heavy atom. The number of para-hydroxylation sites is 2. The zero-order valence-corrected chi connectivity index (χ0v) is 20.5. The molecule has 0 unspecified atom stereocenters. The molecule has 34 heavy (non-hydrogen) atoms. The molecule has 0 N–H and O–H groups in total. The van der Waals surface area contributed by atoms with Crippen LogP contribution in [0.1, 0.15) is 26.2 Å². The van der Waals surface area contributed by atoms with Crippen LogP contribution in [0.2, 0.25) is 5.02 Å². The van der Waals surface area contributed by atoms with Crippen molar-refractivity contribution in [3.63, 3.8) is 0 Å². The van der Waals surface area contributed by atoms with Gasteiger partial charge in [0.25, 0.3) is 0 Å². The van der Waals surface area contributed by atoms with E-state index >= 15 is 0 Å². The maximum Gasteiger partial charge on any atom is 0.228 e. The van der Waals surface area contributed by atoms with Gasteiger partial charge in [0.15, 0.2) is 5.58 Å². The SMILES string of the molecule is C[C@H]1CC2(CCN(c3cnc(Sc4cccc(-c5nc6ccccc6o5)c4Cl)cn3)CC2)CO1. The molecule has 1 spiro atoms. The Morgan fingerprint density at radius 2 is 1.91 bits per heavy atom. The average molecular weight is 493 g/mol. The highest BCUT2D eigenvalue weighted by molar-refractivity contribution is 7.99. The monoisotopic (exact) mass is 492 g/mol. The molecule has 0 saturated carbocycles. The maximum absolute atomic E-state index is 6.76. The number of nitrogens with zero attached hydrogens (tertiary/aromatic N) is 4. The van der Waals surface area contributed by atoms with Crippen LogP contribution in [0.5, 0.6) is 0 Å². The van der Waals surface area contributed by atoms with Crippen LogP contribution in [0.4, 0.5) is 5.82 Å². The van der Waals surface area contributed by atoms with Gasteiger partial charge in [0.2, 0.25) is 5.89 Å². The number of fused-ring (bicyclic) bond motifs is 1. The molecule has 6 rings (SSSR count). The van der Waals surface area contributed by atoms with E-state index in [9.17, 15) is 0 Å². The summed E-state index contributed by atoms with van der Waals surface area (Å²) in [6.45, 7) is 5.07. The summed E-state index contributed by atoms with van der Waals surface area (Å²) in [7, 11) is 0. The Bertz CT molecular complexity index is 1290. The van der Waals surface area contributed by atoms with E-state index < -0.39 is 0 Å². The molecule has 2 aliphatic rings. The smallest absolute Gasteiger partial charge is 0.228 e. The molecule has 0 bridgehead atoms. The second-order valence-electron chi connectivity index (χ2n) is 9.23. The fourth-order valence-electron chi connectivity index (χ4n) is 4.99. The summed E-state index contributed by atoms with van der Waals surface area (Å²) in [6.07, 6.45) is 7.54. The minimum absolute atomic E-state index is 0.357. The largest absolute Gasteiger partial charge is 0.436 e. The molecule has 2 fully saturated rings. The first-order chi connectivity index (χ1) is 16.6. The zero-order valence-electron chi connectivity index (χ0n) is 18.9. The Balaban J connectivity index is 1.16. The van der Waals surface area contributed by atoms with Crippen molar-refractivity contribution in [2.24, 2.45) is 5.41 Å². The van der Waals surface area contributed by atoms with Gasteiger partial charge in [0.05, 0.1) is 35.7 Å². The number of aromatic nitrogens is 3. The number of ether oxygens (including phenoxy) is 1.